The second kappa shape index (κ2) is 10.1. The number of carbonyl (C=O) groups excluding carboxylic acids is 2. The van der Waals surface area contributed by atoms with Crippen LogP contribution in [-0.4, -0.2) is 29.7 Å². The molecule has 0 bridgehead atoms. The third kappa shape index (κ3) is 4.55. The maximum atomic E-state index is 13.8. The summed E-state index contributed by atoms with van der Waals surface area (Å²) in [7, 11) is 0. The Bertz CT molecular complexity index is 1260. The Morgan fingerprint density at radius 3 is 2.32 bits per heavy atom. The third-order valence-electron chi connectivity index (χ3n) is 5.68. The van der Waals surface area contributed by atoms with Crippen molar-refractivity contribution in [2.75, 3.05) is 18.5 Å². The minimum absolute atomic E-state index is 0.151. The Morgan fingerprint density at radius 2 is 1.71 bits per heavy atom. The van der Waals surface area contributed by atoms with Crippen LogP contribution in [0.25, 0.3) is 0 Å². The first-order chi connectivity index (χ1) is 16.5. The van der Waals surface area contributed by atoms with Crippen LogP contribution in [0.15, 0.2) is 90.1 Å². The number of nitrogens with one attached hydrogen (secondary N) is 1. The maximum Gasteiger partial charge on any atom is 0.272 e. The van der Waals surface area contributed by atoms with Crippen molar-refractivity contribution in [2.24, 2.45) is 0 Å². The second-order valence-electron chi connectivity index (χ2n) is 7.97. The van der Waals surface area contributed by atoms with Crippen molar-refractivity contribution in [3.05, 3.63) is 107 Å². The summed E-state index contributed by atoms with van der Waals surface area (Å²) in [5.74, 6) is 0.0449. The van der Waals surface area contributed by atoms with Gasteiger partial charge in [0.05, 0.1) is 24.3 Å². The highest BCUT2D eigenvalue weighted by atomic mass is 16.5. The van der Waals surface area contributed by atoms with E-state index < -0.39 is 6.04 Å². The highest BCUT2D eigenvalue weighted by Crippen LogP contribution is 2.40. The van der Waals surface area contributed by atoms with E-state index in [0.717, 1.165) is 11.1 Å². The number of Topliss-reactive ketones (excluding diaryl/α,β-unsaturated/α-hetero) is 1. The summed E-state index contributed by atoms with van der Waals surface area (Å²) in [5.41, 5.74) is 3.48. The van der Waals surface area contributed by atoms with Crippen LogP contribution < -0.4 is 10.1 Å². The maximum absolute atomic E-state index is 13.8. The summed E-state index contributed by atoms with van der Waals surface area (Å²) in [6, 6.07) is 25.1. The molecule has 6 heteroatoms. The Hall–Kier alpha value is -4.37. The fraction of sp³-hybridized carbons (Fsp3) is 0.179. The molecule has 3 aromatic rings. The fourth-order valence-electron chi connectivity index (χ4n) is 4.05. The van der Waals surface area contributed by atoms with Gasteiger partial charge in [-0.3, -0.25) is 9.59 Å². The molecule has 0 radical (unpaired) electrons. The fourth-order valence-corrected chi connectivity index (χ4v) is 4.05. The summed E-state index contributed by atoms with van der Waals surface area (Å²) >= 11 is 0. The molecule has 1 atom stereocenters. The van der Waals surface area contributed by atoms with Gasteiger partial charge in [-0.25, -0.2) is 0 Å². The number of hydrogen-bond donors (Lipinski definition) is 1. The van der Waals surface area contributed by atoms with Gasteiger partial charge >= 0.3 is 0 Å². The van der Waals surface area contributed by atoms with Gasteiger partial charge in [-0.1, -0.05) is 60.2 Å². The van der Waals surface area contributed by atoms with Crippen LogP contribution >= 0.6 is 0 Å². The molecule has 0 fully saturated rings. The highest BCUT2D eigenvalue weighted by Gasteiger charge is 2.43. The van der Waals surface area contributed by atoms with E-state index in [-0.39, 0.29) is 23.9 Å². The number of anilines is 1. The van der Waals surface area contributed by atoms with Crippen molar-refractivity contribution in [3.63, 3.8) is 0 Å². The van der Waals surface area contributed by atoms with Crippen LogP contribution in [0.4, 0.5) is 5.69 Å². The molecule has 6 nitrogen and oxygen atoms in total. The van der Waals surface area contributed by atoms with Crippen molar-refractivity contribution >= 4 is 17.4 Å². The minimum atomic E-state index is -0.705. The lowest BCUT2D eigenvalue weighted by Gasteiger charge is -2.25. The zero-order valence-electron chi connectivity index (χ0n) is 19.1. The SMILES string of the molecule is CCOc1ccc(C2C(C(=O)c3ccccc3)=C(Nc3ccc(C)cc3)C(=O)N2CC#N)cc1. The van der Waals surface area contributed by atoms with Gasteiger partial charge in [0.15, 0.2) is 5.78 Å². The lowest BCUT2D eigenvalue weighted by Crippen LogP contribution is -2.32. The first-order valence-corrected chi connectivity index (χ1v) is 11.1. The third-order valence-corrected chi connectivity index (χ3v) is 5.68. The molecule has 1 aliphatic rings. The number of nitriles is 1. The van der Waals surface area contributed by atoms with Gasteiger partial charge in [0, 0.05) is 11.3 Å². The molecule has 0 aliphatic carbocycles. The van der Waals surface area contributed by atoms with Gasteiger partial charge in [-0.05, 0) is 43.7 Å². The Labute approximate surface area is 199 Å². The van der Waals surface area contributed by atoms with Crippen LogP contribution in [0.1, 0.15) is 34.5 Å². The average Bonchev–Trinajstić information content (AvgIpc) is 3.13. The van der Waals surface area contributed by atoms with Gasteiger partial charge in [0.1, 0.15) is 18.0 Å². The highest BCUT2D eigenvalue weighted by molar-refractivity contribution is 6.18. The van der Waals surface area contributed by atoms with E-state index in [0.29, 0.717) is 29.2 Å². The average molecular weight is 452 g/mol. The summed E-state index contributed by atoms with van der Waals surface area (Å²) < 4.78 is 5.55. The van der Waals surface area contributed by atoms with Crippen molar-refractivity contribution in [1.29, 1.82) is 5.26 Å². The van der Waals surface area contributed by atoms with Crippen molar-refractivity contribution in [2.45, 2.75) is 19.9 Å². The first kappa shape index (κ1) is 22.8. The normalized spacial score (nSPS) is 15.3. The van der Waals surface area contributed by atoms with E-state index in [2.05, 4.69) is 11.4 Å². The molecule has 0 saturated carbocycles. The number of benzene rings is 3. The molecular formula is C28H25N3O3. The molecular weight excluding hydrogens is 426 g/mol. The van der Waals surface area contributed by atoms with Gasteiger partial charge in [-0.15, -0.1) is 0 Å². The molecule has 1 N–H and O–H groups in total. The Balaban J connectivity index is 1.86. The molecule has 4 rings (SSSR count). The van der Waals surface area contributed by atoms with Crippen molar-refractivity contribution in [3.8, 4) is 11.8 Å². The number of ketones is 1. The molecule has 1 unspecified atom stereocenters. The molecule has 1 aliphatic heterocycles. The standard InChI is InChI=1S/C28H25N3O3/c1-3-34-23-15-11-20(12-16-23)26-24(27(32)21-7-5-4-6-8-21)25(28(33)31(26)18-17-29)30-22-13-9-19(2)10-14-22/h4-16,26,30H,3,18H2,1-2H3. The van der Waals surface area contributed by atoms with Gasteiger partial charge < -0.3 is 15.0 Å². The van der Waals surface area contributed by atoms with Crippen LogP contribution in [-0.2, 0) is 4.79 Å². The van der Waals surface area contributed by atoms with Gasteiger partial charge in [0.2, 0.25) is 0 Å². The van der Waals surface area contributed by atoms with Crippen LogP contribution in [0.3, 0.4) is 0 Å². The van der Waals surface area contributed by atoms with E-state index in [9.17, 15) is 14.9 Å². The van der Waals surface area contributed by atoms with E-state index in [1.807, 2.05) is 68.4 Å². The largest absolute Gasteiger partial charge is 0.494 e. The number of nitrogens with zero attached hydrogens (tertiary/aromatic N) is 2. The number of amides is 1. The molecule has 0 saturated heterocycles. The quantitative estimate of drug-likeness (QED) is 0.383. The van der Waals surface area contributed by atoms with Crippen molar-refractivity contribution in [1.82, 2.24) is 4.90 Å². The zero-order valence-corrected chi connectivity index (χ0v) is 19.1. The van der Waals surface area contributed by atoms with E-state index >= 15 is 0 Å². The monoisotopic (exact) mass is 451 g/mol. The Morgan fingerprint density at radius 1 is 1.03 bits per heavy atom. The number of hydrogen-bond acceptors (Lipinski definition) is 5. The summed E-state index contributed by atoms with van der Waals surface area (Å²) in [6.45, 7) is 4.26. The molecule has 1 amide bonds. The second-order valence-corrected chi connectivity index (χ2v) is 7.97. The van der Waals surface area contributed by atoms with E-state index in [1.54, 1.807) is 24.3 Å². The zero-order chi connectivity index (χ0) is 24.1. The number of aryl methyl sites for hydroxylation is 1. The lowest BCUT2D eigenvalue weighted by atomic mass is 9.92. The number of rotatable bonds is 8. The molecule has 1 heterocycles. The summed E-state index contributed by atoms with van der Waals surface area (Å²) in [6.07, 6.45) is 0. The molecule has 34 heavy (non-hydrogen) atoms. The first-order valence-electron chi connectivity index (χ1n) is 11.1. The lowest BCUT2D eigenvalue weighted by molar-refractivity contribution is -0.126. The smallest absolute Gasteiger partial charge is 0.272 e. The number of ether oxygens (including phenoxy) is 1. The van der Waals surface area contributed by atoms with Crippen LogP contribution in [0.2, 0.25) is 0 Å². The minimum Gasteiger partial charge on any atom is -0.494 e. The van der Waals surface area contributed by atoms with Gasteiger partial charge in [-0.2, -0.15) is 5.26 Å². The summed E-state index contributed by atoms with van der Waals surface area (Å²) in [4.78, 5) is 28.7. The van der Waals surface area contributed by atoms with Gasteiger partial charge in [0.25, 0.3) is 5.91 Å². The van der Waals surface area contributed by atoms with Crippen LogP contribution in [0, 0.1) is 18.3 Å². The Kier molecular flexibility index (Phi) is 6.74. The molecule has 170 valence electrons. The molecule has 3 aromatic carbocycles. The predicted molar refractivity (Wildman–Crippen MR) is 130 cm³/mol. The van der Waals surface area contributed by atoms with E-state index in [1.165, 1.54) is 4.90 Å². The van der Waals surface area contributed by atoms with Crippen molar-refractivity contribution < 1.29 is 14.3 Å². The number of carbonyl (C=O) groups is 2. The van der Waals surface area contributed by atoms with Crippen LogP contribution in [0.5, 0.6) is 5.75 Å². The predicted octanol–water partition coefficient (Wildman–Crippen LogP) is 5.05. The van der Waals surface area contributed by atoms with E-state index in [4.69, 9.17) is 4.74 Å². The molecule has 0 aromatic heterocycles. The molecule has 0 spiro atoms. The summed E-state index contributed by atoms with van der Waals surface area (Å²) in [5, 5.41) is 12.7. The topological polar surface area (TPSA) is 82.4 Å².